The Labute approximate surface area is 119 Å². The van der Waals surface area contributed by atoms with E-state index in [1.165, 1.54) is 6.07 Å². The molecule has 2 rings (SSSR count). The molecule has 0 bridgehead atoms. The van der Waals surface area contributed by atoms with Gasteiger partial charge in [-0.3, -0.25) is 0 Å². The lowest BCUT2D eigenvalue weighted by atomic mass is 10.1. The van der Waals surface area contributed by atoms with E-state index in [-0.39, 0.29) is 11.6 Å². The number of hydrogen-bond donors (Lipinski definition) is 3. The average Bonchev–Trinajstić information content (AvgIpc) is 2.45. The summed E-state index contributed by atoms with van der Waals surface area (Å²) in [5.74, 6) is 3.82. The van der Waals surface area contributed by atoms with E-state index in [0.717, 1.165) is 11.1 Å². The number of nitrogens with one attached hydrogen (secondary N) is 2. The number of hydrogen-bond acceptors (Lipinski definition) is 5. The first-order valence-electron chi connectivity index (χ1n) is 6.11. The van der Waals surface area contributed by atoms with Crippen molar-refractivity contribution in [2.45, 2.75) is 19.6 Å². The molecule has 0 saturated carbocycles. The topological polar surface area (TPSA) is 75.9 Å². The molecule has 1 aromatic heterocycles. The molecule has 4 N–H and O–H groups in total. The van der Waals surface area contributed by atoms with E-state index < -0.39 is 12.0 Å². The lowest BCUT2D eigenvalue weighted by Crippen LogP contribution is -2.17. The van der Waals surface area contributed by atoms with E-state index in [1.54, 1.807) is 0 Å². The maximum atomic E-state index is 12.7. The molecular formula is C13H14F3N5. The van der Waals surface area contributed by atoms with Crippen LogP contribution in [-0.2, 0) is 12.7 Å². The summed E-state index contributed by atoms with van der Waals surface area (Å²) in [6, 6.07) is 8.87. The van der Waals surface area contributed by atoms with Crippen LogP contribution in [-0.4, -0.2) is 9.97 Å². The van der Waals surface area contributed by atoms with Crippen molar-refractivity contribution in [1.82, 2.24) is 9.97 Å². The zero-order valence-corrected chi connectivity index (χ0v) is 11.2. The Morgan fingerprint density at radius 1 is 1.14 bits per heavy atom. The lowest BCUT2D eigenvalue weighted by Gasteiger charge is -2.12. The van der Waals surface area contributed by atoms with Gasteiger partial charge in [-0.05, 0) is 18.1 Å². The van der Waals surface area contributed by atoms with Crippen LogP contribution in [0, 0.1) is 6.92 Å². The van der Waals surface area contributed by atoms with Crippen LogP contribution in [0.25, 0.3) is 0 Å². The van der Waals surface area contributed by atoms with Crippen LogP contribution in [0.3, 0.4) is 0 Å². The molecule has 0 saturated heterocycles. The molecule has 0 spiro atoms. The number of rotatable bonds is 4. The van der Waals surface area contributed by atoms with Gasteiger partial charge in [0.2, 0.25) is 5.82 Å². The van der Waals surface area contributed by atoms with Gasteiger partial charge in [0.05, 0.1) is 0 Å². The number of alkyl halides is 3. The Hall–Kier alpha value is -2.35. The van der Waals surface area contributed by atoms with E-state index in [9.17, 15) is 13.2 Å². The maximum Gasteiger partial charge on any atom is 0.451 e. The summed E-state index contributed by atoms with van der Waals surface area (Å²) in [7, 11) is 0. The van der Waals surface area contributed by atoms with E-state index in [0.29, 0.717) is 6.54 Å². The van der Waals surface area contributed by atoms with E-state index in [1.807, 2.05) is 31.2 Å². The van der Waals surface area contributed by atoms with Crippen LogP contribution in [0.4, 0.5) is 24.8 Å². The molecule has 0 atom stereocenters. The molecule has 0 fully saturated rings. The number of hydrazine groups is 1. The Bertz CT molecular complexity index is 627. The van der Waals surface area contributed by atoms with E-state index in [2.05, 4.69) is 20.7 Å². The molecule has 5 nitrogen and oxygen atoms in total. The number of benzene rings is 1. The van der Waals surface area contributed by atoms with Gasteiger partial charge in [0.15, 0.2) is 0 Å². The van der Waals surface area contributed by atoms with E-state index >= 15 is 0 Å². The third-order valence-electron chi connectivity index (χ3n) is 2.85. The SMILES string of the molecule is Cc1ccccc1CNc1cc(NN)nc(C(F)(F)F)n1. The third-order valence-corrected chi connectivity index (χ3v) is 2.85. The van der Waals surface area contributed by atoms with Crippen molar-refractivity contribution in [2.75, 3.05) is 10.7 Å². The van der Waals surface area contributed by atoms with Crippen molar-refractivity contribution in [3.05, 3.63) is 47.3 Å². The van der Waals surface area contributed by atoms with Gasteiger partial charge >= 0.3 is 6.18 Å². The summed E-state index contributed by atoms with van der Waals surface area (Å²) in [6.07, 6.45) is -4.63. The molecule has 0 amide bonds. The highest BCUT2D eigenvalue weighted by molar-refractivity contribution is 5.47. The smallest absolute Gasteiger partial charge is 0.366 e. The first-order valence-corrected chi connectivity index (χ1v) is 6.11. The monoisotopic (exact) mass is 297 g/mol. The van der Waals surface area contributed by atoms with Crippen LogP contribution in [0.1, 0.15) is 17.0 Å². The molecule has 0 aliphatic rings. The first-order chi connectivity index (χ1) is 9.90. The predicted molar refractivity (Wildman–Crippen MR) is 73.3 cm³/mol. The summed E-state index contributed by atoms with van der Waals surface area (Å²) >= 11 is 0. The molecule has 8 heteroatoms. The van der Waals surface area contributed by atoms with Crippen molar-refractivity contribution in [3.63, 3.8) is 0 Å². The van der Waals surface area contributed by atoms with Crippen LogP contribution in [0.5, 0.6) is 0 Å². The van der Waals surface area contributed by atoms with Crippen LogP contribution < -0.4 is 16.6 Å². The van der Waals surface area contributed by atoms with Gasteiger partial charge in [-0.15, -0.1) is 0 Å². The number of halogens is 3. The highest BCUT2D eigenvalue weighted by atomic mass is 19.4. The normalized spacial score (nSPS) is 11.3. The summed E-state index contributed by atoms with van der Waals surface area (Å²) in [6.45, 7) is 2.27. The third kappa shape index (κ3) is 3.82. The Balaban J connectivity index is 2.22. The average molecular weight is 297 g/mol. The number of aromatic nitrogens is 2. The zero-order chi connectivity index (χ0) is 15.5. The Morgan fingerprint density at radius 2 is 1.81 bits per heavy atom. The number of nitrogens with two attached hydrogens (primary N) is 1. The van der Waals surface area contributed by atoms with Gasteiger partial charge in [0.1, 0.15) is 11.6 Å². The standard InChI is InChI=1S/C13H14F3N5/c1-8-4-2-3-5-9(8)7-18-10-6-11(21-17)20-12(19-10)13(14,15)16/h2-6H,7,17H2,1H3,(H2,18,19,20,21). The zero-order valence-electron chi connectivity index (χ0n) is 11.2. The van der Waals surface area contributed by atoms with Gasteiger partial charge in [-0.1, -0.05) is 24.3 Å². The fourth-order valence-corrected chi connectivity index (χ4v) is 1.73. The van der Waals surface area contributed by atoms with Gasteiger partial charge in [-0.25, -0.2) is 15.8 Å². The quantitative estimate of drug-likeness (QED) is 0.597. The van der Waals surface area contributed by atoms with Crippen molar-refractivity contribution in [3.8, 4) is 0 Å². The van der Waals surface area contributed by atoms with Gasteiger partial charge in [0.25, 0.3) is 0 Å². The minimum Gasteiger partial charge on any atom is -0.366 e. The van der Waals surface area contributed by atoms with Crippen molar-refractivity contribution >= 4 is 11.6 Å². The molecule has 1 aromatic carbocycles. The second kappa shape index (κ2) is 5.96. The summed E-state index contributed by atoms with van der Waals surface area (Å²) in [5, 5.41) is 2.84. The summed E-state index contributed by atoms with van der Waals surface area (Å²) in [5.41, 5.74) is 4.10. The molecule has 0 radical (unpaired) electrons. The molecule has 21 heavy (non-hydrogen) atoms. The minimum atomic E-state index is -4.63. The summed E-state index contributed by atoms with van der Waals surface area (Å²) in [4.78, 5) is 6.74. The molecule has 0 unspecified atom stereocenters. The Morgan fingerprint density at radius 3 is 2.43 bits per heavy atom. The number of aryl methyl sites for hydroxylation is 1. The second-order valence-corrected chi connectivity index (χ2v) is 4.38. The number of nitrogens with zero attached hydrogens (tertiary/aromatic N) is 2. The summed E-state index contributed by atoms with van der Waals surface area (Å²) < 4.78 is 38.1. The van der Waals surface area contributed by atoms with Crippen LogP contribution >= 0.6 is 0 Å². The fraction of sp³-hybridized carbons (Fsp3) is 0.231. The highest BCUT2D eigenvalue weighted by Gasteiger charge is 2.35. The lowest BCUT2D eigenvalue weighted by molar-refractivity contribution is -0.144. The van der Waals surface area contributed by atoms with Gasteiger partial charge in [0, 0.05) is 12.6 Å². The van der Waals surface area contributed by atoms with Crippen molar-refractivity contribution in [2.24, 2.45) is 5.84 Å². The first kappa shape index (κ1) is 15.0. The van der Waals surface area contributed by atoms with Crippen LogP contribution in [0.15, 0.2) is 30.3 Å². The predicted octanol–water partition coefficient (Wildman–Crippen LogP) is 2.70. The number of nitrogen functional groups attached to an aromatic ring is 1. The number of anilines is 2. The molecule has 2 aromatic rings. The second-order valence-electron chi connectivity index (χ2n) is 4.38. The minimum absolute atomic E-state index is 0.0496. The molecule has 112 valence electrons. The van der Waals surface area contributed by atoms with Crippen molar-refractivity contribution < 1.29 is 13.2 Å². The molecule has 0 aliphatic carbocycles. The molecule has 0 aliphatic heterocycles. The van der Waals surface area contributed by atoms with Crippen molar-refractivity contribution in [1.29, 1.82) is 0 Å². The Kier molecular flexibility index (Phi) is 4.27. The maximum absolute atomic E-state index is 12.7. The van der Waals surface area contributed by atoms with E-state index in [4.69, 9.17) is 5.84 Å². The van der Waals surface area contributed by atoms with Gasteiger partial charge < -0.3 is 10.7 Å². The molecular weight excluding hydrogens is 283 g/mol. The fourth-order valence-electron chi connectivity index (χ4n) is 1.73. The highest BCUT2D eigenvalue weighted by Crippen LogP contribution is 2.28. The molecule has 1 heterocycles. The van der Waals surface area contributed by atoms with Crippen LogP contribution in [0.2, 0.25) is 0 Å². The van der Waals surface area contributed by atoms with Gasteiger partial charge in [-0.2, -0.15) is 13.2 Å². The largest absolute Gasteiger partial charge is 0.451 e.